The van der Waals surface area contributed by atoms with Crippen molar-refractivity contribution in [2.24, 2.45) is 5.16 Å². The van der Waals surface area contributed by atoms with Gasteiger partial charge in [-0.2, -0.15) is 0 Å². The molecule has 96 valence electrons. The molecule has 0 aliphatic carbocycles. The van der Waals surface area contributed by atoms with Crippen LogP contribution in [0.2, 0.25) is 0 Å². The predicted octanol–water partition coefficient (Wildman–Crippen LogP) is 1.84. The van der Waals surface area contributed by atoms with E-state index in [0.717, 1.165) is 6.42 Å². The lowest BCUT2D eigenvalue weighted by molar-refractivity contribution is -0.131. The van der Waals surface area contributed by atoms with Gasteiger partial charge in [0.15, 0.2) is 0 Å². The van der Waals surface area contributed by atoms with E-state index in [0.29, 0.717) is 24.2 Å². The van der Waals surface area contributed by atoms with Gasteiger partial charge >= 0.3 is 0 Å². The topological polar surface area (TPSA) is 50.7 Å². The highest BCUT2D eigenvalue weighted by molar-refractivity contribution is 6.04. The highest BCUT2D eigenvalue weighted by Crippen LogP contribution is 2.18. The van der Waals surface area contributed by atoms with E-state index in [4.69, 9.17) is 4.84 Å². The van der Waals surface area contributed by atoms with Crippen molar-refractivity contribution in [2.75, 3.05) is 6.54 Å². The van der Waals surface area contributed by atoms with Gasteiger partial charge in [-0.1, -0.05) is 30.3 Å². The van der Waals surface area contributed by atoms with Gasteiger partial charge in [-0.15, -0.1) is 0 Å². The lowest BCUT2D eigenvalue weighted by Gasteiger charge is -2.08. The maximum absolute atomic E-state index is 13.5. The Morgan fingerprint density at radius 1 is 1.56 bits per heavy atom. The Hall–Kier alpha value is -1.91. The number of nitrogens with zero attached hydrogens (tertiary/aromatic N) is 1. The number of hydrogen-bond donors (Lipinski definition) is 1. The third kappa shape index (κ3) is 2.67. The van der Waals surface area contributed by atoms with Gasteiger partial charge in [0.25, 0.3) is 5.91 Å². The Morgan fingerprint density at radius 2 is 2.33 bits per heavy atom. The molecular weight excluding hydrogens is 235 g/mol. The smallest absolute Gasteiger partial charge is 0.264 e. The summed E-state index contributed by atoms with van der Waals surface area (Å²) in [6.45, 7) is 2.57. The number of carbonyl (C=O) groups is 1. The summed E-state index contributed by atoms with van der Waals surface area (Å²) >= 11 is 0. The van der Waals surface area contributed by atoms with Crippen LogP contribution in [0.25, 0.3) is 0 Å². The maximum Gasteiger partial charge on any atom is 0.264 e. The number of nitrogens with one attached hydrogen (secondary N) is 1. The van der Waals surface area contributed by atoms with Gasteiger partial charge in [0.2, 0.25) is 6.10 Å². The first kappa shape index (κ1) is 12.5. The Kier molecular flexibility index (Phi) is 3.92. The highest BCUT2D eigenvalue weighted by Gasteiger charge is 2.29. The average Bonchev–Trinajstić information content (AvgIpc) is 2.86. The van der Waals surface area contributed by atoms with E-state index in [1.807, 2.05) is 6.92 Å². The highest BCUT2D eigenvalue weighted by atomic mass is 19.1. The summed E-state index contributed by atoms with van der Waals surface area (Å²) in [5, 5.41) is 6.52. The molecule has 0 radical (unpaired) electrons. The molecule has 0 saturated heterocycles. The summed E-state index contributed by atoms with van der Waals surface area (Å²) in [6, 6.07) is 6.33. The number of halogens is 1. The lowest BCUT2D eigenvalue weighted by Crippen LogP contribution is -2.35. The number of hydrogen-bond acceptors (Lipinski definition) is 3. The molecule has 1 N–H and O–H groups in total. The van der Waals surface area contributed by atoms with Crippen LogP contribution in [-0.2, 0) is 9.63 Å². The largest absolute Gasteiger partial charge is 0.382 e. The number of benzene rings is 1. The molecule has 4 nitrogen and oxygen atoms in total. The first-order chi connectivity index (χ1) is 8.72. The Morgan fingerprint density at radius 3 is 3.06 bits per heavy atom. The third-order valence-electron chi connectivity index (χ3n) is 2.70. The molecule has 0 saturated carbocycles. The van der Waals surface area contributed by atoms with Gasteiger partial charge in [-0.05, 0) is 12.5 Å². The molecule has 5 heteroatoms. The second-order valence-electron chi connectivity index (χ2n) is 4.11. The molecule has 1 aromatic carbocycles. The van der Waals surface area contributed by atoms with Gasteiger partial charge in [0, 0.05) is 18.5 Å². The number of oxime groups is 1. The number of carbonyl (C=O) groups excluding carboxylic acids is 1. The monoisotopic (exact) mass is 250 g/mol. The molecule has 1 heterocycles. The second-order valence-corrected chi connectivity index (χ2v) is 4.11. The molecule has 18 heavy (non-hydrogen) atoms. The van der Waals surface area contributed by atoms with E-state index in [-0.39, 0.29) is 11.7 Å². The average molecular weight is 250 g/mol. The molecule has 0 spiro atoms. The zero-order chi connectivity index (χ0) is 13.0. The molecule has 1 aliphatic rings. The molecule has 1 aromatic rings. The second kappa shape index (κ2) is 5.62. The summed E-state index contributed by atoms with van der Waals surface area (Å²) < 4.78 is 13.5. The van der Waals surface area contributed by atoms with Crippen molar-refractivity contribution >= 4 is 11.6 Å². The molecule has 0 bridgehead atoms. The summed E-state index contributed by atoms with van der Waals surface area (Å²) in [6.07, 6.45) is 0.516. The maximum atomic E-state index is 13.5. The molecule has 2 rings (SSSR count). The van der Waals surface area contributed by atoms with E-state index in [1.54, 1.807) is 18.2 Å². The summed E-state index contributed by atoms with van der Waals surface area (Å²) in [5.74, 6) is -0.554. The van der Waals surface area contributed by atoms with Gasteiger partial charge in [-0.3, -0.25) is 4.79 Å². The third-order valence-corrected chi connectivity index (χ3v) is 2.70. The standard InChI is InChI=1S/C13H15FN2O2/c1-2-7-15-13(17)12-8-11(16-18-12)9-5-3-4-6-10(9)14/h3-6,12H,2,7-8H2,1H3,(H,15,17)/t12-/m0/s1. The van der Waals surface area contributed by atoms with E-state index in [9.17, 15) is 9.18 Å². The van der Waals surface area contributed by atoms with Crippen LogP contribution in [0.15, 0.2) is 29.4 Å². The van der Waals surface area contributed by atoms with Gasteiger partial charge in [0.1, 0.15) is 5.82 Å². The fourth-order valence-electron chi connectivity index (χ4n) is 1.73. The van der Waals surface area contributed by atoms with Crippen molar-refractivity contribution in [3.05, 3.63) is 35.6 Å². The van der Waals surface area contributed by atoms with Crippen molar-refractivity contribution < 1.29 is 14.0 Å². The zero-order valence-electron chi connectivity index (χ0n) is 10.1. The van der Waals surface area contributed by atoms with Crippen molar-refractivity contribution in [3.63, 3.8) is 0 Å². The Bertz CT molecular complexity index is 474. The summed E-state index contributed by atoms with van der Waals surface area (Å²) in [4.78, 5) is 16.7. The van der Waals surface area contributed by atoms with Crippen molar-refractivity contribution in [3.8, 4) is 0 Å². The minimum absolute atomic E-state index is 0.202. The van der Waals surface area contributed by atoms with Crippen molar-refractivity contribution in [2.45, 2.75) is 25.9 Å². The molecule has 0 aromatic heterocycles. The van der Waals surface area contributed by atoms with Crippen LogP contribution in [0.3, 0.4) is 0 Å². The van der Waals surface area contributed by atoms with Crippen LogP contribution in [-0.4, -0.2) is 24.3 Å². The Labute approximate surface area is 105 Å². The molecular formula is C13H15FN2O2. The fraction of sp³-hybridized carbons (Fsp3) is 0.385. The van der Waals surface area contributed by atoms with E-state index >= 15 is 0 Å². The molecule has 1 aliphatic heterocycles. The lowest BCUT2D eigenvalue weighted by atomic mass is 10.0. The first-order valence-corrected chi connectivity index (χ1v) is 5.97. The summed E-state index contributed by atoms with van der Waals surface area (Å²) in [5.41, 5.74) is 0.869. The van der Waals surface area contributed by atoms with Crippen molar-refractivity contribution in [1.29, 1.82) is 0 Å². The van der Waals surface area contributed by atoms with Crippen LogP contribution in [0.1, 0.15) is 25.3 Å². The zero-order valence-corrected chi connectivity index (χ0v) is 10.1. The van der Waals surface area contributed by atoms with E-state index in [1.165, 1.54) is 6.07 Å². The minimum Gasteiger partial charge on any atom is -0.382 e. The minimum atomic E-state index is -0.647. The fourth-order valence-corrected chi connectivity index (χ4v) is 1.73. The molecule has 0 fully saturated rings. The predicted molar refractivity (Wildman–Crippen MR) is 65.7 cm³/mol. The van der Waals surface area contributed by atoms with Crippen molar-refractivity contribution in [1.82, 2.24) is 5.32 Å². The van der Waals surface area contributed by atoms with Crippen LogP contribution in [0.4, 0.5) is 4.39 Å². The molecule has 1 amide bonds. The van der Waals surface area contributed by atoms with Gasteiger partial charge in [-0.25, -0.2) is 4.39 Å². The first-order valence-electron chi connectivity index (χ1n) is 5.97. The molecule has 0 unspecified atom stereocenters. The number of rotatable bonds is 4. The van der Waals surface area contributed by atoms with Gasteiger partial charge < -0.3 is 10.2 Å². The van der Waals surface area contributed by atoms with Crippen LogP contribution >= 0.6 is 0 Å². The summed E-state index contributed by atoms with van der Waals surface area (Å²) in [7, 11) is 0. The van der Waals surface area contributed by atoms with Gasteiger partial charge in [0.05, 0.1) is 5.71 Å². The quantitative estimate of drug-likeness (QED) is 0.886. The normalized spacial score (nSPS) is 18.1. The SMILES string of the molecule is CCCNC(=O)[C@@H]1CC(c2ccccc2F)=NO1. The number of amides is 1. The van der Waals surface area contributed by atoms with E-state index < -0.39 is 6.10 Å². The molecule has 1 atom stereocenters. The van der Waals surface area contributed by atoms with Crippen LogP contribution < -0.4 is 5.32 Å². The van der Waals surface area contributed by atoms with Crippen LogP contribution in [0.5, 0.6) is 0 Å². The van der Waals surface area contributed by atoms with Crippen LogP contribution in [0, 0.1) is 5.82 Å². The Balaban J connectivity index is 2.00. The van der Waals surface area contributed by atoms with E-state index in [2.05, 4.69) is 10.5 Å².